The van der Waals surface area contributed by atoms with Crippen LogP contribution in [0.15, 0.2) is 12.1 Å². The molecule has 4 nitrogen and oxygen atoms in total. The summed E-state index contributed by atoms with van der Waals surface area (Å²) in [5, 5.41) is 8.98. The van der Waals surface area contributed by atoms with Crippen LogP contribution in [0.25, 0.3) is 0 Å². The molecule has 0 radical (unpaired) electrons. The zero-order valence-electron chi connectivity index (χ0n) is 8.56. The van der Waals surface area contributed by atoms with Gasteiger partial charge >= 0.3 is 5.97 Å². The maximum atomic E-state index is 10.9. The normalized spacial score (nSPS) is 15.0. The summed E-state index contributed by atoms with van der Waals surface area (Å²) in [6, 6.07) is 3.14. The fourth-order valence-electron chi connectivity index (χ4n) is 1.54. The second-order valence-corrected chi connectivity index (χ2v) is 3.80. The smallest absolute Gasteiger partial charge is 0.337 e. The molecule has 0 bridgehead atoms. The highest BCUT2D eigenvalue weighted by molar-refractivity contribution is 5.88. The van der Waals surface area contributed by atoms with Crippen molar-refractivity contribution in [2.45, 2.75) is 19.3 Å². The van der Waals surface area contributed by atoms with Crippen molar-refractivity contribution in [1.82, 2.24) is 4.98 Å². The molecule has 80 valence electrons. The first-order chi connectivity index (χ1) is 7.20. The minimum Gasteiger partial charge on any atom is -0.481 e. The van der Waals surface area contributed by atoms with Gasteiger partial charge in [0.2, 0.25) is 5.88 Å². The second kappa shape index (κ2) is 3.88. The SMILES string of the molecule is COc1ccc(C(=O)O)c(CC2CC2)n1. The van der Waals surface area contributed by atoms with Crippen LogP contribution in [-0.2, 0) is 6.42 Å². The lowest BCUT2D eigenvalue weighted by Gasteiger charge is -2.06. The minimum atomic E-state index is -0.916. The molecular formula is C11H13NO3. The Hall–Kier alpha value is -1.58. The van der Waals surface area contributed by atoms with Crippen LogP contribution in [0, 0.1) is 5.92 Å². The van der Waals surface area contributed by atoms with Crippen LogP contribution >= 0.6 is 0 Å². The maximum Gasteiger partial charge on any atom is 0.337 e. The van der Waals surface area contributed by atoms with Gasteiger partial charge in [-0.15, -0.1) is 0 Å². The number of hydrogen-bond acceptors (Lipinski definition) is 3. The number of nitrogens with zero attached hydrogens (tertiary/aromatic N) is 1. The summed E-state index contributed by atoms with van der Waals surface area (Å²) in [5.74, 6) is 0.180. The molecule has 1 aliphatic carbocycles. The molecule has 1 N–H and O–H groups in total. The molecule has 1 aliphatic rings. The largest absolute Gasteiger partial charge is 0.481 e. The number of carboxylic acids is 1. The van der Waals surface area contributed by atoms with Crippen molar-refractivity contribution in [2.24, 2.45) is 5.92 Å². The molecule has 0 amide bonds. The fraction of sp³-hybridized carbons (Fsp3) is 0.455. The van der Waals surface area contributed by atoms with Gasteiger partial charge in [0.05, 0.1) is 18.4 Å². The summed E-state index contributed by atoms with van der Waals surface area (Å²) in [7, 11) is 1.53. The van der Waals surface area contributed by atoms with Crippen LogP contribution in [0.1, 0.15) is 28.9 Å². The highest BCUT2D eigenvalue weighted by atomic mass is 16.5. The first-order valence-electron chi connectivity index (χ1n) is 4.98. The Kier molecular flexibility index (Phi) is 2.58. The van der Waals surface area contributed by atoms with Gasteiger partial charge in [-0.25, -0.2) is 9.78 Å². The third-order valence-electron chi connectivity index (χ3n) is 2.57. The first kappa shape index (κ1) is 9.96. The summed E-state index contributed by atoms with van der Waals surface area (Å²) < 4.78 is 4.99. The quantitative estimate of drug-likeness (QED) is 0.817. The monoisotopic (exact) mass is 207 g/mol. The van der Waals surface area contributed by atoms with E-state index in [-0.39, 0.29) is 0 Å². The lowest BCUT2D eigenvalue weighted by Crippen LogP contribution is -2.06. The lowest BCUT2D eigenvalue weighted by molar-refractivity contribution is 0.0695. The van der Waals surface area contributed by atoms with Crippen molar-refractivity contribution < 1.29 is 14.6 Å². The van der Waals surface area contributed by atoms with Gasteiger partial charge < -0.3 is 9.84 Å². The van der Waals surface area contributed by atoms with E-state index in [0.29, 0.717) is 23.1 Å². The molecule has 1 aromatic rings. The van der Waals surface area contributed by atoms with Crippen molar-refractivity contribution >= 4 is 5.97 Å². The predicted octanol–water partition coefficient (Wildman–Crippen LogP) is 1.74. The molecule has 0 unspecified atom stereocenters. The molecule has 0 aliphatic heterocycles. The van der Waals surface area contributed by atoms with Gasteiger partial charge in [-0.3, -0.25) is 0 Å². The Morgan fingerprint density at radius 1 is 1.60 bits per heavy atom. The van der Waals surface area contributed by atoms with E-state index in [1.807, 2.05) is 0 Å². The molecule has 1 saturated carbocycles. The highest BCUT2D eigenvalue weighted by Crippen LogP contribution is 2.33. The minimum absolute atomic E-state index is 0.294. The number of aromatic nitrogens is 1. The molecule has 0 aromatic carbocycles. The lowest BCUT2D eigenvalue weighted by atomic mass is 10.1. The van der Waals surface area contributed by atoms with Crippen molar-refractivity contribution in [3.63, 3.8) is 0 Å². The summed E-state index contributed by atoms with van der Waals surface area (Å²) in [5.41, 5.74) is 0.937. The third kappa shape index (κ3) is 2.26. The maximum absolute atomic E-state index is 10.9. The molecule has 1 fully saturated rings. The number of pyridine rings is 1. The molecule has 0 spiro atoms. The van der Waals surface area contributed by atoms with E-state index in [9.17, 15) is 4.79 Å². The Bertz CT molecular complexity index is 385. The Morgan fingerprint density at radius 3 is 2.87 bits per heavy atom. The molecule has 4 heteroatoms. The van der Waals surface area contributed by atoms with E-state index >= 15 is 0 Å². The van der Waals surface area contributed by atoms with Crippen LogP contribution < -0.4 is 4.74 Å². The van der Waals surface area contributed by atoms with Crippen molar-refractivity contribution in [3.05, 3.63) is 23.4 Å². The molecule has 2 rings (SSSR count). The third-order valence-corrected chi connectivity index (χ3v) is 2.57. The van der Waals surface area contributed by atoms with Gasteiger partial charge in [0.25, 0.3) is 0 Å². The summed E-state index contributed by atoms with van der Waals surface area (Å²) in [4.78, 5) is 15.1. The van der Waals surface area contributed by atoms with Crippen LogP contribution in [0.3, 0.4) is 0 Å². The molecule has 1 aromatic heterocycles. The number of hydrogen-bond donors (Lipinski definition) is 1. The number of rotatable bonds is 4. The van der Waals surface area contributed by atoms with Crippen LogP contribution in [0.5, 0.6) is 5.88 Å². The average Bonchev–Trinajstić information content (AvgIpc) is 3.01. The zero-order chi connectivity index (χ0) is 10.8. The van der Waals surface area contributed by atoms with E-state index in [4.69, 9.17) is 9.84 Å². The van der Waals surface area contributed by atoms with Gasteiger partial charge in [-0.2, -0.15) is 0 Å². The van der Waals surface area contributed by atoms with E-state index in [1.54, 1.807) is 12.1 Å². The van der Waals surface area contributed by atoms with Crippen molar-refractivity contribution in [3.8, 4) is 5.88 Å². The van der Waals surface area contributed by atoms with E-state index in [0.717, 1.165) is 6.42 Å². The Morgan fingerprint density at radius 2 is 2.33 bits per heavy atom. The number of aromatic carboxylic acids is 1. The van der Waals surface area contributed by atoms with Crippen LogP contribution in [0.2, 0.25) is 0 Å². The highest BCUT2D eigenvalue weighted by Gasteiger charge is 2.25. The summed E-state index contributed by atoms with van der Waals surface area (Å²) in [6.07, 6.45) is 3.11. The van der Waals surface area contributed by atoms with Crippen LogP contribution in [-0.4, -0.2) is 23.2 Å². The molecule has 0 saturated heterocycles. The molecule has 1 heterocycles. The standard InChI is InChI=1S/C11H13NO3/c1-15-10-5-4-8(11(13)14)9(12-10)6-7-2-3-7/h4-5,7H,2-3,6H2,1H3,(H,13,14). The number of ether oxygens (including phenoxy) is 1. The predicted molar refractivity (Wildman–Crippen MR) is 54.2 cm³/mol. The van der Waals surface area contributed by atoms with Gasteiger partial charge in [0.15, 0.2) is 0 Å². The van der Waals surface area contributed by atoms with Crippen molar-refractivity contribution in [1.29, 1.82) is 0 Å². The molecule has 15 heavy (non-hydrogen) atoms. The molecular weight excluding hydrogens is 194 g/mol. The number of methoxy groups -OCH3 is 1. The number of carbonyl (C=O) groups is 1. The van der Waals surface area contributed by atoms with E-state index in [2.05, 4.69) is 4.98 Å². The Balaban J connectivity index is 2.30. The van der Waals surface area contributed by atoms with Gasteiger partial charge in [0.1, 0.15) is 0 Å². The number of carboxylic acid groups (broad SMARTS) is 1. The fourth-order valence-corrected chi connectivity index (χ4v) is 1.54. The van der Waals surface area contributed by atoms with Crippen molar-refractivity contribution in [2.75, 3.05) is 7.11 Å². The van der Waals surface area contributed by atoms with Gasteiger partial charge in [0, 0.05) is 6.07 Å². The first-order valence-corrected chi connectivity index (χ1v) is 4.98. The topological polar surface area (TPSA) is 59.4 Å². The Labute approximate surface area is 87.9 Å². The van der Waals surface area contributed by atoms with E-state index < -0.39 is 5.97 Å². The van der Waals surface area contributed by atoms with E-state index in [1.165, 1.54) is 20.0 Å². The average molecular weight is 207 g/mol. The van der Waals surface area contributed by atoms with Gasteiger partial charge in [-0.1, -0.05) is 0 Å². The molecule has 0 atom stereocenters. The summed E-state index contributed by atoms with van der Waals surface area (Å²) >= 11 is 0. The second-order valence-electron chi connectivity index (χ2n) is 3.80. The van der Waals surface area contributed by atoms with Crippen LogP contribution in [0.4, 0.5) is 0 Å². The zero-order valence-corrected chi connectivity index (χ0v) is 8.56. The van der Waals surface area contributed by atoms with Gasteiger partial charge in [-0.05, 0) is 31.2 Å². The summed E-state index contributed by atoms with van der Waals surface area (Å²) in [6.45, 7) is 0.